The van der Waals surface area contributed by atoms with Gasteiger partial charge in [-0.25, -0.2) is 0 Å². The number of hydrogen-bond donors (Lipinski definition) is 2. The van der Waals surface area contributed by atoms with Crippen LogP contribution in [0.15, 0.2) is 0 Å². The number of nitrogens with zero attached hydrogens (tertiary/aromatic N) is 1. The van der Waals surface area contributed by atoms with Gasteiger partial charge in [-0.1, -0.05) is 12.8 Å². The molecule has 1 fully saturated rings. The Balaban J connectivity index is 2.76. The Morgan fingerprint density at radius 3 is 2.36 bits per heavy atom. The van der Waals surface area contributed by atoms with Crippen molar-refractivity contribution in [3.8, 4) is 0 Å². The molecule has 0 spiro atoms. The third-order valence-electron chi connectivity index (χ3n) is 2.64. The topological polar surface area (TPSA) is 92.3 Å². The lowest BCUT2D eigenvalue weighted by molar-refractivity contribution is -0.149. The van der Waals surface area contributed by atoms with E-state index in [1.165, 1.54) is 0 Å². The van der Waals surface area contributed by atoms with E-state index >= 15 is 0 Å². The van der Waals surface area contributed by atoms with Gasteiger partial charge in [-0.2, -0.15) is 0 Å². The van der Waals surface area contributed by atoms with Crippen molar-refractivity contribution in [2.75, 3.05) is 0 Å². The minimum atomic E-state index is -0.915. The molecule has 2 unspecified atom stereocenters. The van der Waals surface area contributed by atoms with Crippen molar-refractivity contribution in [2.45, 2.75) is 25.7 Å². The molecule has 5 nitrogen and oxygen atoms in total. The Morgan fingerprint density at radius 2 is 1.86 bits per heavy atom. The van der Waals surface area contributed by atoms with Crippen LogP contribution in [0.4, 0.5) is 0 Å². The van der Waals surface area contributed by atoms with E-state index in [0.29, 0.717) is 12.8 Å². The number of ketones is 1. The summed E-state index contributed by atoms with van der Waals surface area (Å²) in [6.07, 6.45) is 3.80. The van der Waals surface area contributed by atoms with E-state index in [-0.39, 0.29) is 5.78 Å². The van der Waals surface area contributed by atoms with Crippen LogP contribution in [0.3, 0.4) is 0 Å². The predicted octanol–water partition coefficient (Wildman–Crippen LogP) is 0.756. The number of Topliss-reactive ketones (excluding diaryl/α,β-unsaturated/α-hetero) is 1. The zero-order chi connectivity index (χ0) is 10.6. The number of aliphatic carboxylic acids is 1. The summed E-state index contributed by atoms with van der Waals surface area (Å²) in [5, 5.41) is 8.88. The predicted molar refractivity (Wildman–Crippen MR) is 47.1 cm³/mol. The highest BCUT2D eigenvalue weighted by Gasteiger charge is 2.36. The molecule has 0 aromatic heterocycles. The molecule has 0 saturated heterocycles. The fraction of sp³-hybridized carbons (Fsp3) is 0.667. The summed E-state index contributed by atoms with van der Waals surface area (Å²) < 4.78 is 0. The van der Waals surface area contributed by atoms with Crippen LogP contribution in [-0.4, -0.2) is 27.9 Å². The maximum Gasteiger partial charge on any atom is 0.372 e. The molecule has 1 aliphatic rings. The minimum absolute atomic E-state index is 0.327. The van der Waals surface area contributed by atoms with E-state index in [1.807, 2.05) is 0 Å². The molecule has 0 heterocycles. The molecular weight excluding hydrogens is 184 g/mol. The molecule has 0 bridgehead atoms. The van der Waals surface area contributed by atoms with Gasteiger partial charge >= 0.3 is 12.2 Å². The summed E-state index contributed by atoms with van der Waals surface area (Å²) in [6, 6.07) is 0. The van der Waals surface area contributed by atoms with Gasteiger partial charge in [0.1, 0.15) is 0 Å². The molecule has 1 aliphatic carbocycles. The lowest BCUT2D eigenvalue weighted by Crippen LogP contribution is -2.33. The Bertz CT molecular complexity index is 294. The third-order valence-corrected chi connectivity index (χ3v) is 2.64. The van der Waals surface area contributed by atoms with Gasteiger partial charge in [-0.05, 0) is 12.8 Å². The van der Waals surface area contributed by atoms with Crippen molar-refractivity contribution in [1.82, 2.24) is 0 Å². The molecule has 76 valence electrons. The average Bonchev–Trinajstić information content (AvgIpc) is 2.18. The second-order valence-corrected chi connectivity index (χ2v) is 3.50. The number of rotatable bonds is 3. The zero-order valence-electron chi connectivity index (χ0n) is 7.77. The molecule has 0 amide bonds. The van der Waals surface area contributed by atoms with E-state index in [0.717, 1.165) is 19.1 Å². The highest BCUT2D eigenvalue weighted by Crippen LogP contribution is 2.30. The summed E-state index contributed by atoms with van der Waals surface area (Å²) in [6.45, 7) is 0. The fourth-order valence-electron chi connectivity index (χ4n) is 1.93. The summed E-state index contributed by atoms with van der Waals surface area (Å²) in [5.41, 5.74) is 6.53. The van der Waals surface area contributed by atoms with E-state index in [2.05, 4.69) is 4.79 Å². The molecule has 2 atom stereocenters. The highest BCUT2D eigenvalue weighted by molar-refractivity contribution is 6.26. The first-order valence-electron chi connectivity index (χ1n) is 4.63. The zero-order valence-corrected chi connectivity index (χ0v) is 7.77. The first-order chi connectivity index (χ1) is 6.66. The number of carboxylic acid groups (broad SMARTS) is 1. The van der Waals surface area contributed by atoms with Crippen LogP contribution in [-0.2, 0) is 9.59 Å². The summed E-state index contributed by atoms with van der Waals surface area (Å²) in [4.78, 5) is 25.1. The van der Waals surface area contributed by atoms with Gasteiger partial charge in [0, 0.05) is 5.92 Å². The van der Waals surface area contributed by atoms with Crippen LogP contribution >= 0.6 is 0 Å². The van der Waals surface area contributed by atoms with Crippen molar-refractivity contribution in [2.24, 2.45) is 11.8 Å². The Kier molecular flexibility index (Phi) is 3.54. The van der Waals surface area contributed by atoms with Crippen LogP contribution in [0.2, 0.25) is 0 Å². The molecule has 5 heteroatoms. The van der Waals surface area contributed by atoms with Gasteiger partial charge < -0.3 is 5.11 Å². The monoisotopic (exact) mass is 197 g/mol. The molecule has 2 N–H and O–H groups in total. The maximum atomic E-state index is 11.4. The fourth-order valence-corrected chi connectivity index (χ4v) is 1.93. The average molecular weight is 197 g/mol. The van der Waals surface area contributed by atoms with E-state index < -0.39 is 17.8 Å². The first-order valence-corrected chi connectivity index (χ1v) is 4.63. The van der Waals surface area contributed by atoms with E-state index in [9.17, 15) is 9.59 Å². The number of carbonyl (C=O) groups is 2. The molecule has 0 aromatic rings. The number of carbonyl (C=O) groups excluding carboxylic acids is 1. The van der Waals surface area contributed by atoms with E-state index in [4.69, 9.17) is 10.6 Å². The molecule has 0 radical (unpaired) electrons. The normalized spacial score (nSPS) is 26.3. The highest BCUT2D eigenvalue weighted by atomic mass is 16.4. The number of carboxylic acids is 1. The number of nitrogens with one attached hydrogen (secondary N) is 1. The smallest absolute Gasteiger partial charge is 0.372 e. The van der Waals surface area contributed by atoms with Crippen molar-refractivity contribution in [1.29, 1.82) is 5.53 Å². The maximum absolute atomic E-state index is 11.4. The minimum Gasteiger partial charge on any atom is -0.481 e. The first kappa shape index (κ1) is 10.6. The summed E-state index contributed by atoms with van der Waals surface area (Å²) in [5.74, 6) is -2.31. The van der Waals surface area contributed by atoms with Crippen LogP contribution in [0.5, 0.6) is 0 Å². The molecular formula is C9H13N2O3+. The van der Waals surface area contributed by atoms with E-state index in [1.54, 1.807) is 0 Å². The second kappa shape index (κ2) is 4.67. The van der Waals surface area contributed by atoms with Crippen molar-refractivity contribution < 1.29 is 19.5 Å². The summed E-state index contributed by atoms with van der Waals surface area (Å²) >= 11 is 0. The van der Waals surface area contributed by atoms with Crippen molar-refractivity contribution in [3.63, 3.8) is 0 Å². The molecule has 1 saturated carbocycles. The standard InChI is InChI=1S/C9H12N2O3/c10-11-5-8(12)6-3-1-2-4-7(6)9(13)14/h5-7,10H,1-4H2/p+1. The molecule has 14 heavy (non-hydrogen) atoms. The third kappa shape index (κ3) is 2.26. The van der Waals surface area contributed by atoms with Gasteiger partial charge in [-0.3, -0.25) is 9.59 Å². The van der Waals surface area contributed by atoms with Gasteiger partial charge in [0.05, 0.1) is 16.2 Å². The molecule has 0 aliphatic heterocycles. The lowest BCUT2D eigenvalue weighted by Gasteiger charge is -2.24. The van der Waals surface area contributed by atoms with Gasteiger partial charge in [0.15, 0.2) is 0 Å². The van der Waals surface area contributed by atoms with Crippen LogP contribution < -0.4 is 0 Å². The van der Waals surface area contributed by atoms with Crippen LogP contribution in [0, 0.1) is 17.4 Å². The quantitative estimate of drug-likeness (QED) is 0.397. The molecule has 1 rings (SSSR count). The lowest BCUT2D eigenvalue weighted by atomic mass is 9.77. The summed E-state index contributed by atoms with van der Waals surface area (Å²) in [7, 11) is 0. The van der Waals surface area contributed by atoms with Crippen LogP contribution in [0.25, 0.3) is 0 Å². The van der Waals surface area contributed by atoms with Gasteiger partial charge in [0.2, 0.25) is 5.78 Å². The largest absolute Gasteiger partial charge is 0.481 e. The second-order valence-electron chi connectivity index (χ2n) is 3.50. The Labute approximate surface area is 81.4 Å². The molecule has 0 aromatic carbocycles. The Morgan fingerprint density at radius 1 is 1.29 bits per heavy atom. The SMILES string of the molecule is N=[N+]=CC(=O)C1CCCCC1C(=O)O. The van der Waals surface area contributed by atoms with Crippen molar-refractivity contribution in [3.05, 3.63) is 0 Å². The van der Waals surface area contributed by atoms with Crippen molar-refractivity contribution >= 4 is 18.0 Å². The van der Waals surface area contributed by atoms with Gasteiger partial charge in [0.25, 0.3) is 0 Å². The number of hydrogen-bond acceptors (Lipinski definition) is 3. The van der Waals surface area contributed by atoms with Gasteiger partial charge in [-0.15, -0.1) is 0 Å². The Hall–Kier alpha value is -1.48. The van der Waals surface area contributed by atoms with Crippen LogP contribution in [0.1, 0.15) is 25.7 Å².